The number of fused-ring (bicyclic) bond motifs is 1. The summed E-state index contributed by atoms with van der Waals surface area (Å²) in [6.45, 7) is 2.35. The molecule has 0 radical (unpaired) electrons. The van der Waals surface area contributed by atoms with Gasteiger partial charge in [-0.25, -0.2) is 9.59 Å². The van der Waals surface area contributed by atoms with E-state index < -0.39 is 18.1 Å². The van der Waals surface area contributed by atoms with Gasteiger partial charge in [-0.2, -0.15) is 0 Å². The van der Waals surface area contributed by atoms with Gasteiger partial charge in [-0.05, 0) is 18.1 Å². The van der Waals surface area contributed by atoms with Crippen LogP contribution in [0.4, 0.5) is 4.79 Å². The molecule has 6 nitrogen and oxygen atoms in total. The third-order valence-corrected chi connectivity index (χ3v) is 3.61. The van der Waals surface area contributed by atoms with Crippen LogP contribution in [0.15, 0.2) is 30.5 Å². The first kappa shape index (κ1) is 16.9. The van der Waals surface area contributed by atoms with Crippen molar-refractivity contribution in [1.82, 2.24) is 10.3 Å². The van der Waals surface area contributed by atoms with Crippen LogP contribution in [0.5, 0.6) is 0 Å². The van der Waals surface area contributed by atoms with Gasteiger partial charge in [0, 0.05) is 23.5 Å². The van der Waals surface area contributed by atoms with E-state index in [-0.39, 0.29) is 0 Å². The van der Waals surface area contributed by atoms with E-state index in [1.54, 1.807) is 0 Å². The molecular formula is C17H22N2O4. The van der Waals surface area contributed by atoms with Crippen LogP contribution in [-0.2, 0) is 20.7 Å². The SMILES string of the molecule is CCCCOC(=O)NC(Cc1c[nH]c2ccccc12)C(=O)OC. The summed E-state index contributed by atoms with van der Waals surface area (Å²) in [5, 5.41) is 3.60. The lowest BCUT2D eigenvalue weighted by molar-refractivity contribution is -0.142. The molecule has 0 saturated carbocycles. The Kier molecular flexibility index (Phi) is 6.02. The van der Waals surface area contributed by atoms with Crippen molar-refractivity contribution in [1.29, 1.82) is 0 Å². The molecule has 0 aliphatic heterocycles. The van der Waals surface area contributed by atoms with Gasteiger partial charge in [0.25, 0.3) is 0 Å². The van der Waals surface area contributed by atoms with Crippen molar-refractivity contribution in [2.45, 2.75) is 32.2 Å². The maximum atomic E-state index is 11.9. The van der Waals surface area contributed by atoms with Crippen LogP contribution in [0.2, 0.25) is 0 Å². The standard InChI is InChI=1S/C17H22N2O4/c1-3-4-9-23-17(21)19-15(16(20)22-2)10-12-11-18-14-8-6-5-7-13(12)14/h5-8,11,15,18H,3-4,9-10H2,1-2H3,(H,19,21). The molecule has 1 aromatic heterocycles. The number of esters is 1. The molecule has 124 valence electrons. The molecule has 0 bridgehead atoms. The number of methoxy groups -OCH3 is 1. The predicted octanol–water partition coefficient (Wildman–Crippen LogP) is 2.78. The van der Waals surface area contributed by atoms with Gasteiger partial charge in [-0.1, -0.05) is 31.5 Å². The zero-order chi connectivity index (χ0) is 16.7. The third-order valence-electron chi connectivity index (χ3n) is 3.61. The van der Waals surface area contributed by atoms with Gasteiger partial charge >= 0.3 is 12.1 Å². The van der Waals surface area contributed by atoms with E-state index in [9.17, 15) is 9.59 Å². The summed E-state index contributed by atoms with van der Waals surface area (Å²) in [4.78, 5) is 26.9. The number of alkyl carbamates (subject to hydrolysis) is 1. The number of ether oxygens (including phenoxy) is 2. The summed E-state index contributed by atoms with van der Waals surface area (Å²) in [5.74, 6) is -0.497. The average molecular weight is 318 g/mol. The van der Waals surface area contributed by atoms with E-state index in [2.05, 4.69) is 10.3 Å². The average Bonchev–Trinajstić information content (AvgIpc) is 2.97. The highest BCUT2D eigenvalue weighted by Gasteiger charge is 2.23. The smallest absolute Gasteiger partial charge is 0.407 e. The molecule has 1 amide bonds. The van der Waals surface area contributed by atoms with Crippen LogP contribution in [0.3, 0.4) is 0 Å². The molecule has 2 N–H and O–H groups in total. The second-order valence-electron chi connectivity index (χ2n) is 5.27. The first-order valence-electron chi connectivity index (χ1n) is 7.71. The van der Waals surface area contributed by atoms with Crippen molar-refractivity contribution in [2.75, 3.05) is 13.7 Å². The van der Waals surface area contributed by atoms with Crippen molar-refractivity contribution in [3.63, 3.8) is 0 Å². The maximum Gasteiger partial charge on any atom is 0.407 e. The fraction of sp³-hybridized carbons (Fsp3) is 0.412. The Labute approximate surface area is 135 Å². The molecular weight excluding hydrogens is 296 g/mol. The lowest BCUT2D eigenvalue weighted by Gasteiger charge is -2.16. The topological polar surface area (TPSA) is 80.4 Å². The van der Waals surface area contributed by atoms with E-state index in [0.717, 1.165) is 29.3 Å². The number of hydrogen-bond donors (Lipinski definition) is 2. The molecule has 1 heterocycles. The number of aromatic amines is 1. The lowest BCUT2D eigenvalue weighted by atomic mass is 10.1. The maximum absolute atomic E-state index is 11.9. The van der Waals surface area contributed by atoms with Crippen molar-refractivity contribution in [3.05, 3.63) is 36.0 Å². The molecule has 2 aromatic rings. The van der Waals surface area contributed by atoms with E-state index in [1.165, 1.54) is 7.11 Å². The van der Waals surface area contributed by atoms with Gasteiger partial charge < -0.3 is 19.8 Å². The number of H-pyrrole nitrogens is 1. The molecule has 23 heavy (non-hydrogen) atoms. The first-order chi connectivity index (χ1) is 11.2. The number of unbranched alkanes of at least 4 members (excludes halogenated alkanes) is 1. The molecule has 6 heteroatoms. The Morgan fingerprint density at radius 1 is 1.30 bits per heavy atom. The van der Waals surface area contributed by atoms with Crippen LogP contribution < -0.4 is 5.32 Å². The molecule has 1 unspecified atom stereocenters. The number of rotatable bonds is 7. The summed E-state index contributed by atoms with van der Waals surface area (Å²) in [6, 6.07) is 7.00. The summed E-state index contributed by atoms with van der Waals surface area (Å²) >= 11 is 0. The lowest BCUT2D eigenvalue weighted by Crippen LogP contribution is -2.43. The Bertz CT molecular complexity index is 665. The minimum absolute atomic E-state index is 0.333. The van der Waals surface area contributed by atoms with E-state index >= 15 is 0 Å². The molecule has 0 aliphatic rings. The van der Waals surface area contributed by atoms with Crippen LogP contribution in [0.25, 0.3) is 10.9 Å². The van der Waals surface area contributed by atoms with Gasteiger partial charge in [-0.15, -0.1) is 0 Å². The van der Waals surface area contributed by atoms with Gasteiger partial charge in [0.2, 0.25) is 0 Å². The second kappa shape index (κ2) is 8.22. The Hall–Kier alpha value is -2.50. The largest absolute Gasteiger partial charge is 0.467 e. The Morgan fingerprint density at radius 3 is 2.83 bits per heavy atom. The number of carbonyl (C=O) groups excluding carboxylic acids is 2. The molecule has 0 saturated heterocycles. The number of aromatic nitrogens is 1. The molecule has 2 rings (SSSR count). The summed E-state index contributed by atoms with van der Waals surface area (Å²) in [6.07, 6.45) is 3.29. The predicted molar refractivity (Wildman–Crippen MR) is 87.2 cm³/mol. The van der Waals surface area contributed by atoms with E-state index in [4.69, 9.17) is 9.47 Å². The molecule has 0 fully saturated rings. The minimum Gasteiger partial charge on any atom is -0.467 e. The highest BCUT2D eigenvalue weighted by molar-refractivity contribution is 5.86. The normalized spacial score (nSPS) is 11.9. The highest BCUT2D eigenvalue weighted by Crippen LogP contribution is 2.19. The van der Waals surface area contributed by atoms with Crippen LogP contribution in [0, 0.1) is 0 Å². The molecule has 0 aliphatic carbocycles. The number of para-hydroxylation sites is 1. The zero-order valence-electron chi connectivity index (χ0n) is 13.4. The van der Waals surface area contributed by atoms with Crippen LogP contribution in [-0.4, -0.2) is 36.8 Å². The second-order valence-corrected chi connectivity index (χ2v) is 5.27. The fourth-order valence-corrected chi connectivity index (χ4v) is 2.35. The van der Waals surface area contributed by atoms with Crippen molar-refractivity contribution >= 4 is 23.0 Å². The van der Waals surface area contributed by atoms with Gasteiger partial charge in [0.05, 0.1) is 13.7 Å². The van der Waals surface area contributed by atoms with Gasteiger partial charge in [-0.3, -0.25) is 0 Å². The van der Waals surface area contributed by atoms with Gasteiger partial charge in [0.15, 0.2) is 0 Å². The quantitative estimate of drug-likeness (QED) is 0.607. The van der Waals surface area contributed by atoms with Crippen LogP contribution in [0.1, 0.15) is 25.3 Å². The van der Waals surface area contributed by atoms with Crippen molar-refractivity contribution in [2.24, 2.45) is 0 Å². The summed E-state index contributed by atoms with van der Waals surface area (Å²) < 4.78 is 9.83. The fourth-order valence-electron chi connectivity index (χ4n) is 2.35. The van der Waals surface area contributed by atoms with Crippen LogP contribution >= 0.6 is 0 Å². The number of nitrogens with one attached hydrogen (secondary N) is 2. The highest BCUT2D eigenvalue weighted by atomic mass is 16.6. The molecule has 1 aromatic carbocycles. The molecule has 1 atom stereocenters. The number of hydrogen-bond acceptors (Lipinski definition) is 4. The van der Waals surface area contributed by atoms with E-state index in [0.29, 0.717) is 13.0 Å². The van der Waals surface area contributed by atoms with Gasteiger partial charge in [0.1, 0.15) is 6.04 Å². The summed E-state index contributed by atoms with van der Waals surface area (Å²) in [7, 11) is 1.30. The first-order valence-corrected chi connectivity index (χ1v) is 7.71. The van der Waals surface area contributed by atoms with E-state index in [1.807, 2.05) is 37.4 Å². The monoisotopic (exact) mass is 318 g/mol. The summed E-state index contributed by atoms with van der Waals surface area (Å²) in [5.41, 5.74) is 1.92. The molecule has 0 spiro atoms. The number of amides is 1. The number of carbonyl (C=O) groups is 2. The zero-order valence-corrected chi connectivity index (χ0v) is 13.4. The third kappa shape index (κ3) is 4.48. The Morgan fingerprint density at radius 2 is 2.09 bits per heavy atom. The number of benzene rings is 1. The minimum atomic E-state index is -0.784. The van der Waals surface area contributed by atoms with Crippen molar-refractivity contribution < 1.29 is 19.1 Å². The Balaban J connectivity index is 2.06. The van der Waals surface area contributed by atoms with Crippen molar-refractivity contribution in [3.8, 4) is 0 Å².